The molecule has 0 bridgehead atoms. The first-order valence-electron chi connectivity index (χ1n) is 8.07. The highest BCUT2D eigenvalue weighted by Gasteiger charge is 2.18. The fourth-order valence-corrected chi connectivity index (χ4v) is 2.62. The normalized spacial score (nSPS) is 10.2. The van der Waals surface area contributed by atoms with E-state index < -0.39 is 5.97 Å². The summed E-state index contributed by atoms with van der Waals surface area (Å²) in [6, 6.07) is 12.8. The summed E-state index contributed by atoms with van der Waals surface area (Å²) in [6.07, 6.45) is 0.207. The van der Waals surface area contributed by atoms with Crippen LogP contribution in [-0.2, 0) is 9.53 Å². The van der Waals surface area contributed by atoms with Gasteiger partial charge in [-0.2, -0.15) is 0 Å². The molecule has 25 heavy (non-hydrogen) atoms. The standard InChI is InChI=1S/C20H23NO4/c1-14-11-15(2)13-16(12-14)25-10-9-19(22)21(3)18-8-6-5-7-17(18)20(23)24-4/h5-8,11-13H,9-10H2,1-4H3. The molecule has 0 N–H and O–H groups in total. The number of aryl methyl sites for hydroxylation is 2. The van der Waals surface area contributed by atoms with Crippen molar-refractivity contribution in [2.75, 3.05) is 25.7 Å². The van der Waals surface area contributed by atoms with E-state index in [-0.39, 0.29) is 18.9 Å². The van der Waals surface area contributed by atoms with Crippen LogP contribution in [0.25, 0.3) is 0 Å². The van der Waals surface area contributed by atoms with Crippen molar-refractivity contribution in [2.45, 2.75) is 20.3 Å². The average molecular weight is 341 g/mol. The Morgan fingerprint density at radius 2 is 1.68 bits per heavy atom. The van der Waals surface area contributed by atoms with Gasteiger partial charge in [-0.25, -0.2) is 4.79 Å². The molecule has 0 unspecified atom stereocenters. The highest BCUT2D eigenvalue weighted by molar-refractivity contribution is 6.02. The van der Waals surface area contributed by atoms with Crippen molar-refractivity contribution in [1.82, 2.24) is 0 Å². The lowest BCUT2D eigenvalue weighted by Crippen LogP contribution is -2.29. The first-order valence-corrected chi connectivity index (χ1v) is 8.07. The highest BCUT2D eigenvalue weighted by atomic mass is 16.5. The maximum atomic E-state index is 12.4. The molecule has 2 aromatic carbocycles. The number of ether oxygens (including phenoxy) is 2. The van der Waals surface area contributed by atoms with E-state index in [4.69, 9.17) is 9.47 Å². The summed E-state index contributed by atoms with van der Waals surface area (Å²) in [6.45, 7) is 4.28. The number of hydrogen-bond donors (Lipinski definition) is 0. The Balaban J connectivity index is 2.00. The molecule has 0 radical (unpaired) electrons. The molecule has 5 nitrogen and oxygen atoms in total. The average Bonchev–Trinajstić information content (AvgIpc) is 2.59. The van der Waals surface area contributed by atoms with E-state index in [2.05, 4.69) is 6.07 Å². The second kappa shape index (κ2) is 8.33. The zero-order chi connectivity index (χ0) is 18.4. The summed E-state index contributed by atoms with van der Waals surface area (Å²) < 4.78 is 10.5. The van der Waals surface area contributed by atoms with Crippen molar-refractivity contribution in [3.63, 3.8) is 0 Å². The Morgan fingerprint density at radius 3 is 2.32 bits per heavy atom. The molecule has 0 saturated carbocycles. The molecule has 0 heterocycles. The van der Waals surface area contributed by atoms with Gasteiger partial charge in [0.2, 0.25) is 5.91 Å². The Morgan fingerprint density at radius 1 is 1.04 bits per heavy atom. The molecule has 0 aliphatic heterocycles. The van der Waals surface area contributed by atoms with Crippen molar-refractivity contribution in [3.05, 3.63) is 59.2 Å². The predicted molar refractivity (Wildman–Crippen MR) is 97.2 cm³/mol. The molecule has 0 saturated heterocycles. The van der Waals surface area contributed by atoms with Gasteiger partial charge >= 0.3 is 5.97 Å². The molecule has 0 aliphatic rings. The molecular formula is C20H23NO4. The van der Waals surface area contributed by atoms with Gasteiger partial charge in [0, 0.05) is 7.05 Å². The zero-order valence-corrected chi connectivity index (χ0v) is 15.0. The fraction of sp³-hybridized carbons (Fsp3) is 0.300. The SMILES string of the molecule is COC(=O)c1ccccc1N(C)C(=O)CCOc1cc(C)cc(C)c1. The topological polar surface area (TPSA) is 55.8 Å². The largest absolute Gasteiger partial charge is 0.493 e. The predicted octanol–water partition coefficient (Wildman–Crippen LogP) is 3.52. The number of carbonyl (C=O) groups excluding carboxylic acids is 2. The van der Waals surface area contributed by atoms with Crippen LogP contribution in [0.1, 0.15) is 27.9 Å². The van der Waals surface area contributed by atoms with Gasteiger partial charge in [-0.05, 0) is 49.2 Å². The lowest BCUT2D eigenvalue weighted by Gasteiger charge is -2.20. The van der Waals surface area contributed by atoms with Crippen LogP contribution in [0.5, 0.6) is 5.75 Å². The van der Waals surface area contributed by atoms with Crippen molar-refractivity contribution < 1.29 is 19.1 Å². The maximum absolute atomic E-state index is 12.4. The number of carbonyl (C=O) groups is 2. The first-order chi connectivity index (χ1) is 11.9. The first kappa shape index (κ1) is 18.5. The van der Waals surface area contributed by atoms with E-state index in [1.807, 2.05) is 26.0 Å². The van der Waals surface area contributed by atoms with E-state index >= 15 is 0 Å². The summed E-state index contributed by atoms with van der Waals surface area (Å²) >= 11 is 0. The third kappa shape index (κ3) is 4.83. The minimum absolute atomic E-state index is 0.138. The summed E-state index contributed by atoms with van der Waals surface area (Å²) in [5.41, 5.74) is 3.11. The van der Waals surface area contributed by atoms with Crippen LogP contribution >= 0.6 is 0 Å². The monoisotopic (exact) mass is 341 g/mol. The Bertz CT molecular complexity index is 750. The van der Waals surface area contributed by atoms with E-state index in [0.717, 1.165) is 16.9 Å². The third-order valence-electron chi connectivity index (χ3n) is 3.82. The number of benzene rings is 2. The number of methoxy groups -OCH3 is 1. The lowest BCUT2D eigenvalue weighted by molar-refractivity contribution is -0.118. The number of rotatable bonds is 6. The van der Waals surface area contributed by atoms with Gasteiger partial charge in [-0.3, -0.25) is 4.79 Å². The molecule has 0 atom stereocenters. The Labute approximate surface area is 148 Å². The lowest BCUT2D eigenvalue weighted by atomic mass is 10.1. The molecule has 0 aromatic heterocycles. The molecular weight excluding hydrogens is 318 g/mol. The van der Waals surface area contributed by atoms with Crippen LogP contribution in [0, 0.1) is 13.8 Å². The molecule has 2 rings (SSSR count). The van der Waals surface area contributed by atoms with Crippen LogP contribution in [-0.4, -0.2) is 32.6 Å². The van der Waals surface area contributed by atoms with Crippen molar-refractivity contribution >= 4 is 17.6 Å². The van der Waals surface area contributed by atoms with Gasteiger partial charge < -0.3 is 14.4 Å². The van der Waals surface area contributed by atoms with E-state index in [0.29, 0.717) is 11.3 Å². The number of anilines is 1. The number of hydrogen-bond acceptors (Lipinski definition) is 4. The summed E-state index contributed by atoms with van der Waals surface area (Å²) in [5.74, 6) is 0.144. The summed E-state index contributed by atoms with van der Waals surface area (Å²) in [7, 11) is 2.96. The van der Waals surface area contributed by atoms with Gasteiger partial charge in [0.15, 0.2) is 0 Å². The molecule has 132 valence electrons. The van der Waals surface area contributed by atoms with Crippen LogP contribution in [0.15, 0.2) is 42.5 Å². The zero-order valence-electron chi connectivity index (χ0n) is 15.0. The van der Waals surface area contributed by atoms with Gasteiger partial charge in [0.1, 0.15) is 5.75 Å². The van der Waals surface area contributed by atoms with Crippen LogP contribution in [0.4, 0.5) is 5.69 Å². The number of nitrogens with zero attached hydrogens (tertiary/aromatic N) is 1. The molecule has 2 aromatic rings. The minimum atomic E-state index is -0.471. The summed E-state index contributed by atoms with van der Waals surface area (Å²) in [5, 5.41) is 0. The van der Waals surface area contributed by atoms with Crippen molar-refractivity contribution in [1.29, 1.82) is 0 Å². The second-order valence-electron chi connectivity index (χ2n) is 5.88. The molecule has 0 aliphatic carbocycles. The van der Waals surface area contributed by atoms with Gasteiger partial charge in [0.05, 0.1) is 31.4 Å². The van der Waals surface area contributed by atoms with Gasteiger partial charge in [0.25, 0.3) is 0 Å². The highest BCUT2D eigenvalue weighted by Crippen LogP contribution is 2.21. The van der Waals surface area contributed by atoms with Crippen molar-refractivity contribution in [2.24, 2.45) is 0 Å². The second-order valence-corrected chi connectivity index (χ2v) is 5.88. The molecule has 1 amide bonds. The van der Waals surface area contributed by atoms with E-state index in [9.17, 15) is 9.59 Å². The van der Waals surface area contributed by atoms with Crippen LogP contribution < -0.4 is 9.64 Å². The summed E-state index contributed by atoms with van der Waals surface area (Å²) in [4.78, 5) is 25.7. The van der Waals surface area contributed by atoms with Crippen molar-refractivity contribution in [3.8, 4) is 5.75 Å². The smallest absolute Gasteiger partial charge is 0.339 e. The Kier molecular flexibility index (Phi) is 6.17. The molecule has 0 spiro atoms. The Hall–Kier alpha value is -2.82. The number of amides is 1. The quantitative estimate of drug-likeness (QED) is 0.754. The van der Waals surface area contributed by atoms with Crippen LogP contribution in [0.2, 0.25) is 0 Å². The van der Waals surface area contributed by atoms with E-state index in [1.165, 1.54) is 12.0 Å². The maximum Gasteiger partial charge on any atom is 0.339 e. The van der Waals surface area contributed by atoms with Crippen LogP contribution in [0.3, 0.4) is 0 Å². The van der Waals surface area contributed by atoms with Gasteiger partial charge in [-0.15, -0.1) is 0 Å². The van der Waals surface area contributed by atoms with Gasteiger partial charge in [-0.1, -0.05) is 18.2 Å². The minimum Gasteiger partial charge on any atom is -0.493 e. The molecule has 5 heteroatoms. The fourth-order valence-electron chi connectivity index (χ4n) is 2.62. The van der Waals surface area contributed by atoms with E-state index in [1.54, 1.807) is 31.3 Å². The molecule has 0 fully saturated rings. The third-order valence-corrected chi connectivity index (χ3v) is 3.82. The number of para-hydroxylation sites is 1. The number of esters is 1.